The van der Waals surface area contributed by atoms with E-state index in [2.05, 4.69) is 22.8 Å². The molecule has 0 aromatic heterocycles. The fourth-order valence-corrected chi connectivity index (χ4v) is 3.13. The molecule has 0 unspecified atom stereocenters. The van der Waals surface area contributed by atoms with E-state index < -0.39 is 0 Å². The molecule has 3 aromatic rings. The molecule has 0 aliphatic rings. The van der Waals surface area contributed by atoms with Gasteiger partial charge in [-0.05, 0) is 35.2 Å². The van der Waals surface area contributed by atoms with E-state index in [-0.39, 0.29) is 18.2 Å². The molecule has 2 amide bonds. The van der Waals surface area contributed by atoms with Gasteiger partial charge >= 0.3 is 0 Å². The van der Waals surface area contributed by atoms with Crippen molar-refractivity contribution in [1.82, 2.24) is 5.32 Å². The molecule has 0 bridgehead atoms. The first kappa shape index (κ1) is 21.3. The Morgan fingerprint density at radius 1 is 0.833 bits per heavy atom. The van der Waals surface area contributed by atoms with Crippen LogP contribution in [0.3, 0.4) is 0 Å². The van der Waals surface area contributed by atoms with Gasteiger partial charge in [0.25, 0.3) is 5.91 Å². The largest absolute Gasteiger partial charge is 0.385 e. The zero-order valence-electron chi connectivity index (χ0n) is 17.1. The van der Waals surface area contributed by atoms with Gasteiger partial charge in [-0.3, -0.25) is 9.59 Å². The Morgan fingerprint density at radius 2 is 1.50 bits per heavy atom. The average Bonchev–Trinajstić information content (AvgIpc) is 2.78. The Kier molecular flexibility index (Phi) is 7.75. The van der Waals surface area contributed by atoms with E-state index >= 15 is 0 Å². The Labute approximate surface area is 177 Å². The van der Waals surface area contributed by atoms with E-state index in [0.29, 0.717) is 24.4 Å². The fourth-order valence-electron chi connectivity index (χ4n) is 3.13. The van der Waals surface area contributed by atoms with Crippen molar-refractivity contribution in [2.45, 2.75) is 12.8 Å². The van der Waals surface area contributed by atoms with Crippen LogP contribution in [0.15, 0.2) is 78.9 Å². The van der Waals surface area contributed by atoms with E-state index in [1.165, 1.54) is 0 Å². The highest BCUT2D eigenvalue weighted by Crippen LogP contribution is 2.20. The summed E-state index contributed by atoms with van der Waals surface area (Å²) in [6.07, 6.45) is 0.967. The monoisotopic (exact) mass is 402 g/mol. The maximum Gasteiger partial charge on any atom is 0.253 e. The minimum absolute atomic E-state index is 0.165. The lowest BCUT2D eigenvalue weighted by atomic mass is 10.0. The highest BCUT2D eigenvalue weighted by Gasteiger charge is 2.13. The molecule has 3 rings (SSSR count). The van der Waals surface area contributed by atoms with Crippen molar-refractivity contribution < 1.29 is 14.3 Å². The van der Waals surface area contributed by atoms with Crippen LogP contribution >= 0.6 is 0 Å². The van der Waals surface area contributed by atoms with E-state index in [1.54, 1.807) is 31.4 Å². The van der Waals surface area contributed by atoms with Gasteiger partial charge in [0.15, 0.2) is 0 Å². The van der Waals surface area contributed by atoms with Crippen LogP contribution in [-0.4, -0.2) is 32.1 Å². The van der Waals surface area contributed by atoms with Gasteiger partial charge in [-0.15, -0.1) is 0 Å². The molecule has 0 atom stereocenters. The average molecular weight is 402 g/mol. The summed E-state index contributed by atoms with van der Waals surface area (Å²) in [6, 6.07) is 25.1. The van der Waals surface area contributed by atoms with Crippen LogP contribution in [0.4, 0.5) is 5.69 Å². The summed E-state index contributed by atoms with van der Waals surface area (Å²) in [4.78, 5) is 25.0. The minimum Gasteiger partial charge on any atom is -0.385 e. The second kappa shape index (κ2) is 10.9. The number of nitrogens with one attached hydrogen (secondary N) is 2. The maximum absolute atomic E-state index is 12.6. The molecule has 0 aliphatic carbocycles. The molecule has 3 aromatic carbocycles. The Morgan fingerprint density at radius 3 is 2.23 bits per heavy atom. The first-order valence-corrected chi connectivity index (χ1v) is 9.98. The lowest BCUT2D eigenvalue weighted by Crippen LogP contribution is -2.27. The summed E-state index contributed by atoms with van der Waals surface area (Å²) in [6.45, 7) is 1.10. The van der Waals surface area contributed by atoms with Crippen LogP contribution in [0, 0.1) is 0 Å². The first-order chi connectivity index (χ1) is 14.7. The van der Waals surface area contributed by atoms with Crippen LogP contribution in [0.2, 0.25) is 0 Å². The Hall–Kier alpha value is -3.44. The van der Waals surface area contributed by atoms with Crippen LogP contribution in [-0.2, 0) is 16.0 Å². The lowest BCUT2D eigenvalue weighted by Gasteiger charge is -2.12. The molecule has 0 fully saturated rings. The van der Waals surface area contributed by atoms with Crippen LogP contribution in [0.5, 0.6) is 0 Å². The van der Waals surface area contributed by atoms with Crippen molar-refractivity contribution in [3.63, 3.8) is 0 Å². The number of para-hydroxylation sites is 1. The number of methoxy groups -OCH3 is 1. The molecule has 5 nitrogen and oxygen atoms in total. The number of carbonyl (C=O) groups excluding carboxylic acids is 2. The van der Waals surface area contributed by atoms with Crippen LogP contribution < -0.4 is 10.6 Å². The molecule has 0 heterocycles. The minimum atomic E-state index is -0.214. The summed E-state index contributed by atoms with van der Waals surface area (Å²) in [5, 5.41) is 5.71. The van der Waals surface area contributed by atoms with Crippen molar-refractivity contribution in [2.24, 2.45) is 0 Å². The highest BCUT2D eigenvalue weighted by atomic mass is 16.5. The number of carbonyl (C=O) groups is 2. The Bertz CT molecular complexity index is 969. The molecule has 0 saturated carbocycles. The maximum atomic E-state index is 12.6. The van der Waals surface area contributed by atoms with Gasteiger partial charge in [0, 0.05) is 20.3 Å². The van der Waals surface area contributed by atoms with Crippen molar-refractivity contribution in [3.05, 3.63) is 90.0 Å². The third-order valence-electron chi connectivity index (χ3n) is 4.68. The molecule has 154 valence electrons. The second-order valence-corrected chi connectivity index (χ2v) is 6.94. The summed E-state index contributed by atoms with van der Waals surface area (Å²) in [5.74, 6) is -0.378. The predicted octanol–water partition coefficient (Wildman–Crippen LogP) is 4.30. The van der Waals surface area contributed by atoms with E-state index in [1.807, 2.05) is 42.5 Å². The number of anilines is 1. The second-order valence-electron chi connectivity index (χ2n) is 6.94. The van der Waals surface area contributed by atoms with Crippen LogP contribution in [0.25, 0.3) is 11.1 Å². The Balaban J connectivity index is 1.60. The number of hydrogen-bond donors (Lipinski definition) is 2. The molecule has 0 spiro atoms. The quantitative estimate of drug-likeness (QED) is 0.525. The summed E-state index contributed by atoms with van der Waals surface area (Å²) in [7, 11) is 1.63. The summed E-state index contributed by atoms with van der Waals surface area (Å²) >= 11 is 0. The number of ether oxygens (including phenoxy) is 1. The zero-order chi connectivity index (χ0) is 21.2. The number of rotatable bonds is 9. The molecule has 5 heteroatoms. The molecule has 2 N–H and O–H groups in total. The lowest BCUT2D eigenvalue weighted by molar-refractivity contribution is -0.115. The predicted molar refractivity (Wildman–Crippen MR) is 119 cm³/mol. The van der Waals surface area contributed by atoms with Crippen molar-refractivity contribution >= 4 is 17.5 Å². The van der Waals surface area contributed by atoms with Crippen molar-refractivity contribution in [1.29, 1.82) is 0 Å². The van der Waals surface area contributed by atoms with Gasteiger partial charge in [0.2, 0.25) is 5.91 Å². The number of benzene rings is 3. The topological polar surface area (TPSA) is 67.4 Å². The molecular weight excluding hydrogens is 376 g/mol. The molecule has 0 aliphatic heterocycles. The molecule has 0 saturated heterocycles. The van der Waals surface area contributed by atoms with E-state index in [9.17, 15) is 9.59 Å². The van der Waals surface area contributed by atoms with Gasteiger partial charge in [0.05, 0.1) is 17.7 Å². The van der Waals surface area contributed by atoms with Crippen molar-refractivity contribution in [3.8, 4) is 11.1 Å². The molecule has 30 heavy (non-hydrogen) atoms. The standard InChI is InChI=1S/C25H26N2O3/c1-30-17-7-16-26-25(29)22-10-5-6-11-23(22)27-24(28)18-19-12-14-21(15-13-19)20-8-3-2-4-9-20/h2-6,8-15H,7,16-18H2,1H3,(H,26,29)(H,27,28). The van der Waals surface area contributed by atoms with E-state index in [4.69, 9.17) is 4.74 Å². The highest BCUT2D eigenvalue weighted by molar-refractivity contribution is 6.04. The van der Waals surface area contributed by atoms with Gasteiger partial charge in [0.1, 0.15) is 0 Å². The van der Waals surface area contributed by atoms with Gasteiger partial charge in [-0.25, -0.2) is 0 Å². The van der Waals surface area contributed by atoms with Crippen molar-refractivity contribution in [2.75, 3.05) is 25.6 Å². The van der Waals surface area contributed by atoms with E-state index in [0.717, 1.165) is 23.1 Å². The normalized spacial score (nSPS) is 10.4. The van der Waals surface area contributed by atoms with Crippen LogP contribution in [0.1, 0.15) is 22.3 Å². The SMILES string of the molecule is COCCCNC(=O)c1ccccc1NC(=O)Cc1ccc(-c2ccccc2)cc1. The third kappa shape index (κ3) is 6.03. The van der Waals surface area contributed by atoms with Gasteiger partial charge in [-0.1, -0.05) is 66.7 Å². The first-order valence-electron chi connectivity index (χ1n) is 9.98. The molecule has 0 radical (unpaired) electrons. The zero-order valence-corrected chi connectivity index (χ0v) is 17.1. The van der Waals surface area contributed by atoms with Gasteiger partial charge in [-0.2, -0.15) is 0 Å². The molecular formula is C25H26N2O3. The number of hydrogen-bond acceptors (Lipinski definition) is 3. The third-order valence-corrected chi connectivity index (χ3v) is 4.68. The number of amides is 2. The smallest absolute Gasteiger partial charge is 0.253 e. The summed E-state index contributed by atoms with van der Waals surface area (Å²) in [5.41, 5.74) is 4.11. The summed E-state index contributed by atoms with van der Waals surface area (Å²) < 4.78 is 4.99. The fraction of sp³-hybridized carbons (Fsp3) is 0.200. The van der Waals surface area contributed by atoms with Gasteiger partial charge < -0.3 is 15.4 Å².